The fraction of sp³-hybridized carbons (Fsp3) is 0.273. The molecule has 1 aliphatic rings. The second-order valence-corrected chi connectivity index (χ2v) is 11.4. The van der Waals surface area contributed by atoms with E-state index in [1.165, 1.54) is 11.3 Å². The van der Waals surface area contributed by atoms with Gasteiger partial charge in [0.15, 0.2) is 10.3 Å². The van der Waals surface area contributed by atoms with Crippen LogP contribution in [0.4, 0.5) is 4.79 Å². The number of methoxy groups -OCH3 is 2. The van der Waals surface area contributed by atoms with Crippen molar-refractivity contribution in [3.05, 3.63) is 105 Å². The molecule has 0 radical (unpaired) electrons. The van der Waals surface area contributed by atoms with Crippen LogP contribution in [-0.4, -0.2) is 46.3 Å². The van der Waals surface area contributed by atoms with Crippen LogP contribution >= 0.6 is 11.3 Å². The van der Waals surface area contributed by atoms with E-state index in [1.807, 2.05) is 73.7 Å². The van der Waals surface area contributed by atoms with Crippen molar-refractivity contribution >= 4 is 27.8 Å². The van der Waals surface area contributed by atoms with Gasteiger partial charge >= 0.3 is 6.09 Å². The maximum Gasteiger partial charge on any atom is 0.410 e. The summed E-state index contributed by atoms with van der Waals surface area (Å²) in [5.41, 5.74) is 3.62. The second kappa shape index (κ2) is 12.3. The van der Waals surface area contributed by atoms with Crippen molar-refractivity contribution in [2.45, 2.75) is 39.0 Å². The Morgan fingerprint density at radius 3 is 2.56 bits per heavy atom. The first-order chi connectivity index (χ1) is 21.0. The van der Waals surface area contributed by atoms with Gasteiger partial charge in [-0.25, -0.2) is 14.8 Å². The summed E-state index contributed by atoms with van der Waals surface area (Å²) in [6, 6.07) is 22.7. The topological polar surface area (TPSA) is 95.8 Å². The predicted molar refractivity (Wildman–Crippen MR) is 166 cm³/mol. The van der Waals surface area contributed by atoms with Gasteiger partial charge in [0.25, 0.3) is 5.56 Å². The van der Waals surface area contributed by atoms with E-state index in [0.29, 0.717) is 33.7 Å². The number of thiazole rings is 1. The Bertz CT molecular complexity index is 1830. The van der Waals surface area contributed by atoms with Crippen LogP contribution in [0.15, 0.2) is 77.6 Å². The zero-order valence-corrected chi connectivity index (χ0v) is 25.1. The Kier molecular flexibility index (Phi) is 8.11. The number of hydrogen-bond acceptors (Lipinski definition) is 8. The molecule has 10 heteroatoms. The van der Waals surface area contributed by atoms with Crippen LogP contribution in [0.5, 0.6) is 11.5 Å². The molecule has 220 valence electrons. The van der Waals surface area contributed by atoms with Crippen LogP contribution in [0, 0.1) is 6.92 Å². The number of likely N-dealkylation sites (tertiary alicyclic amines) is 1. The summed E-state index contributed by atoms with van der Waals surface area (Å²) in [5.74, 6) is 1.82. The fourth-order valence-electron chi connectivity index (χ4n) is 5.44. The highest BCUT2D eigenvalue weighted by atomic mass is 32.1. The summed E-state index contributed by atoms with van der Waals surface area (Å²) in [7, 11) is 3.19. The second-order valence-electron chi connectivity index (χ2n) is 10.4. The molecule has 0 saturated carbocycles. The number of carbonyl (C=O) groups excluding carboxylic acids is 1. The minimum absolute atomic E-state index is 0.198. The van der Waals surface area contributed by atoms with E-state index in [0.717, 1.165) is 35.1 Å². The molecule has 9 nitrogen and oxygen atoms in total. The average molecular weight is 597 g/mol. The number of carbonyl (C=O) groups is 1. The summed E-state index contributed by atoms with van der Waals surface area (Å²) in [5, 5.41) is 0.685. The van der Waals surface area contributed by atoms with Crippen LogP contribution in [0.1, 0.15) is 40.6 Å². The summed E-state index contributed by atoms with van der Waals surface area (Å²) >= 11 is 1.36. The van der Waals surface area contributed by atoms with Gasteiger partial charge in [-0.1, -0.05) is 65.9 Å². The van der Waals surface area contributed by atoms with Crippen molar-refractivity contribution in [1.29, 1.82) is 0 Å². The average Bonchev–Trinajstić information content (AvgIpc) is 3.70. The van der Waals surface area contributed by atoms with Gasteiger partial charge in [-0.3, -0.25) is 14.3 Å². The monoisotopic (exact) mass is 596 g/mol. The van der Waals surface area contributed by atoms with Crippen molar-refractivity contribution in [1.82, 2.24) is 19.4 Å². The molecule has 1 fully saturated rings. The number of rotatable bonds is 8. The van der Waals surface area contributed by atoms with E-state index >= 15 is 0 Å². The van der Waals surface area contributed by atoms with Gasteiger partial charge in [0, 0.05) is 23.7 Å². The number of amides is 1. The molecule has 1 unspecified atom stereocenters. The Hall–Kier alpha value is -4.70. The van der Waals surface area contributed by atoms with Crippen molar-refractivity contribution in [3.63, 3.8) is 0 Å². The molecule has 5 aromatic rings. The molecule has 1 saturated heterocycles. The van der Waals surface area contributed by atoms with Crippen LogP contribution in [-0.2, 0) is 17.9 Å². The van der Waals surface area contributed by atoms with E-state index in [2.05, 4.69) is 0 Å². The zero-order valence-electron chi connectivity index (χ0n) is 24.3. The zero-order chi connectivity index (χ0) is 29.9. The first kappa shape index (κ1) is 28.4. The molecule has 1 aliphatic heterocycles. The Balaban J connectivity index is 1.39. The number of ether oxygens (including phenoxy) is 3. The molecule has 6 rings (SSSR count). The lowest BCUT2D eigenvalue weighted by molar-refractivity contribution is 0.0920. The molecule has 43 heavy (non-hydrogen) atoms. The van der Waals surface area contributed by atoms with Gasteiger partial charge in [-0.05, 0) is 43.0 Å². The molecule has 0 bridgehead atoms. The quantitative estimate of drug-likeness (QED) is 0.205. The van der Waals surface area contributed by atoms with E-state index in [-0.39, 0.29) is 36.4 Å². The normalized spacial score (nSPS) is 14.7. The molecule has 3 heterocycles. The van der Waals surface area contributed by atoms with Gasteiger partial charge < -0.3 is 14.2 Å². The third-order valence-corrected chi connectivity index (χ3v) is 8.77. The van der Waals surface area contributed by atoms with E-state index in [4.69, 9.17) is 24.2 Å². The first-order valence-corrected chi connectivity index (χ1v) is 14.9. The number of benzene rings is 3. The first-order valence-electron chi connectivity index (χ1n) is 14.1. The molecule has 0 aliphatic carbocycles. The summed E-state index contributed by atoms with van der Waals surface area (Å²) in [6.45, 7) is 2.99. The maximum absolute atomic E-state index is 14.2. The van der Waals surface area contributed by atoms with E-state index in [1.54, 1.807) is 29.8 Å². The van der Waals surface area contributed by atoms with E-state index in [9.17, 15) is 9.59 Å². The van der Waals surface area contributed by atoms with Crippen molar-refractivity contribution in [2.75, 3.05) is 20.8 Å². The lowest BCUT2D eigenvalue weighted by Crippen LogP contribution is -2.31. The maximum atomic E-state index is 14.2. The van der Waals surface area contributed by atoms with Crippen LogP contribution in [0.3, 0.4) is 0 Å². The van der Waals surface area contributed by atoms with Gasteiger partial charge in [-0.2, -0.15) is 0 Å². The third kappa shape index (κ3) is 5.70. The minimum atomic E-state index is -0.386. The minimum Gasteiger partial charge on any atom is -0.497 e. The van der Waals surface area contributed by atoms with Crippen molar-refractivity contribution in [2.24, 2.45) is 0 Å². The van der Waals surface area contributed by atoms with Gasteiger partial charge in [0.1, 0.15) is 28.9 Å². The predicted octanol–water partition coefficient (Wildman–Crippen LogP) is 6.37. The van der Waals surface area contributed by atoms with Crippen molar-refractivity contribution < 1.29 is 19.0 Å². The standard InChI is InChI=1S/C33H32N4O5S/c1-21-10-7-8-13-25(21)29-35-31-28(32(38)37(29)19-23-15-16-24(40-2)18-27(23)41-3)34-30(43-31)26-14-9-17-36(26)33(39)42-20-22-11-5-4-6-12-22/h4-8,10-13,15-16,18,26H,9,14,17,19-20H2,1-3H3. The largest absolute Gasteiger partial charge is 0.497 e. The number of aryl methyl sites for hydroxylation is 1. The van der Waals surface area contributed by atoms with Gasteiger partial charge in [0.05, 0.1) is 26.8 Å². The number of hydrogen-bond donors (Lipinski definition) is 0. The number of fused-ring (bicyclic) bond motifs is 1. The summed E-state index contributed by atoms with van der Waals surface area (Å²) in [4.78, 5) is 39.3. The third-order valence-electron chi connectivity index (χ3n) is 7.72. The Morgan fingerprint density at radius 2 is 1.79 bits per heavy atom. The molecular weight excluding hydrogens is 564 g/mol. The highest BCUT2D eigenvalue weighted by molar-refractivity contribution is 7.18. The number of nitrogens with zero attached hydrogens (tertiary/aromatic N) is 4. The molecule has 0 spiro atoms. The molecular formula is C33H32N4O5S. The highest BCUT2D eigenvalue weighted by Crippen LogP contribution is 2.37. The molecule has 3 aromatic carbocycles. The number of aromatic nitrogens is 3. The Labute approximate surface area is 253 Å². The van der Waals surface area contributed by atoms with Gasteiger partial charge in [-0.15, -0.1) is 0 Å². The fourth-order valence-corrected chi connectivity index (χ4v) is 6.52. The molecule has 2 aromatic heterocycles. The lowest BCUT2D eigenvalue weighted by atomic mass is 10.1. The summed E-state index contributed by atoms with van der Waals surface area (Å²) in [6.07, 6.45) is 1.18. The van der Waals surface area contributed by atoms with Crippen LogP contribution in [0.25, 0.3) is 21.7 Å². The van der Waals surface area contributed by atoms with Crippen LogP contribution < -0.4 is 15.0 Å². The van der Waals surface area contributed by atoms with Crippen molar-refractivity contribution in [3.8, 4) is 22.9 Å². The molecule has 1 atom stereocenters. The highest BCUT2D eigenvalue weighted by Gasteiger charge is 2.34. The van der Waals surface area contributed by atoms with Crippen LogP contribution in [0.2, 0.25) is 0 Å². The molecule has 1 amide bonds. The lowest BCUT2D eigenvalue weighted by Gasteiger charge is -2.22. The summed E-state index contributed by atoms with van der Waals surface area (Å²) < 4.78 is 18.3. The molecule has 0 N–H and O–H groups in total. The van der Waals surface area contributed by atoms with Gasteiger partial charge in [0.2, 0.25) is 0 Å². The smallest absolute Gasteiger partial charge is 0.410 e. The van der Waals surface area contributed by atoms with E-state index < -0.39 is 0 Å². The Morgan fingerprint density at radius 1 is 1.00 bits per heavy atom. The SMILES string of the molecule is COc1ccc(Cn2c(-c3ccccc3C)nc3sc(C4CCCN4C(=O)OCc4ccccc4)nc3c2=O)c(OC)c1.